The molecule has 0 unspecified atom stereocenters. The van der Waals surface area contributed by atoms with Crippen molar-refractivity contribution in [1.29, 1.82) is 0 Å². The lowest BCUT2D eigenvalue weighted by molar-refractivity contribution is 0.392. The first-order valence-corrected chi connectivity index (χ1v) is 8.73. The molecule has 3 rings (SSSR count). The second-order valence-electron chi connectivity index (χ2n) is 6.24. The van der Waals surface area contributed by atoms with Gasteiger partial charge in [0.1, 0.15) is 0 Å². The fraction of sp³-hybridized carbons (Fsp3) is 0.368. The van der Waals surface area contributed by atoms with Crippen LogP contribution in [0.25, 0.3) is 0 Å². The number of halogens is 2. The van der Waals surface area contributed by atoms with Gasteiger partial charge in [0, 0.05) is 42.3 Å². The number of aromatic nitrogens is 1. The second-order valence-corrected chi connectivity index (χ2v) is 6.68. The lowest BCUT2D eigenvalue weighted by Gasteiger charge is -2.19. The SMILES string of the molecule is CN=C(NCc1cccnc1OC)NCC1(c2cccc(Cl)c2)CC1.I. The minimum atomic E-state index is 0. The zero-order chi connectivity index (χ0) is 17.7. The Kier molecular flexibility index (Phi) is 7.52. The molecule has 1 saturated carbocycles. The van der Waals surface area contributed by atoms with Crippen molar-refractivity contribution >= 4 is 41.5 Å². The van der Waals surface area contributed by atoms with Gasteiger partial charge in [0.15, 0.2) is 5.96 Å². The van der Waals surface area contributed by atoms with E-state index in [2.05, 4.69) is 32.7 Å². The van der Waals surface area contributed by atoms with Crippen LogP contribution in [0.2, 0.25) is 5.02 Å². The first-order chi connectivity index (χ1) is 12.2. The molecule has 0 saturated heterocycles. The molecule has 0 radical (unpaired) electrons. The fourth-order valence-corrected chi connectivity index (χ4v) is 3.12. The maximum Gasteiger partial charge on any atom is 0.218 e. The van der Waals surface area contributed by atoms with Crippen molar-refractivity contribution in [3.63, 3.8) is 0 Å². The van der Waals surface area contributed by atoms with Gasteiger partial charge in [-0.05, 0) is 36.6 Å². The highest BCUT2D eigenvalue weighted by atomic mass is 127. The van der Waals surface area contributed by atoms with E-state index >= 15 is 0 Å². The average molecular weight is 487 g/mol. The van der Waals surface area contributed by atoms with Crippen LogP contribution in [-0.4, -0.2) is 31.6 Å². The van der Waals surface area contributed by atoms with E-state index in [-0.39, 0.29) is 29.4 Å². The average Bonchev–Trinajstić information content (AvgIpc) is 3.43. The van der Waals surface area contributed by atoms with Crippen LogP contribution in [0.4, 0.5) is 0 Å². The number of rotatable bonds is 6. The monoisotopic (exact) mass is 486 g/mol. The largest absolute Gasteiger partial charge is 0.481 e. The Morgan fingerprint density at radius 3 is 2.73 bits per heavy atom. The normalized spacial score (nSPS) is 15.0. The third-order valence-corrected chi connectivity index (χ3v) is 4.83. The summed E-state index contributed by atoms with van der Waals surface area (Å²) in [5.41, 5.74) is 2.44. The first kappa shape index (κ1) is 20.8. The molecule has 1 aliphatic carbocycles. The third kappa shape index (κ3) is 5.01. The minimum absolute atomic E-state index is 0. The van der Waals surface area contributed by atoms with E-state index < -0.39 is 0 Å². The van der Waals surface area contributed by atoms with Gasteiger partial charge in [0.05, 0.1) is 7.11 Å². The fourth-order valence-electron chi connectivity index (χ4n) is 2.93. The molecule has 1 aromatic heterocycles. The second kappa shape index (κ2) is 9.41. The number of hydrogen-bond donors (Lipinski definition) is 2. The van der Waals surface area contributed by atoms with Crippen molar-refractivity contribution in [3.05, 3.63) is 58.7 Å². The molecule has 1 aliphatic rings. The Morgan fingerprint density at radius 1 is 1.27 bits per heavy atom. The molecule has 140 valence electrons. The van der Waals surface area contributed by atoms with Gasteiger partial charge in [-0.15, -0.1) is 24.0 Å². The molecule has 1 fully saturated rings. The third-order valence-electron chi connectivity index (χ3n) is 4.60. The zero-order valence-corrected chi connectivity index (χ0v) is 18.0. The van der Waals surface area contributed by atoms with Crippen LogP contribution in [0.1, 0.15) is 24.0 Å². The van der Waals surface area contributed by atoms with Gasteiger partial charge in [-0.1, -0.05) is 29.8 Å². The molecule has 0 amide bonds. The summed E-state index contributed by atoms with van der Waals surface area (Å²) in [4.78, 5) is 8.52. The van der Waals surface area contributed by atoms with Crippen molar-refractivity contribution in [3.8, 4) is 5.88 Å². The Hall–Kier alpha value is -1.54. The lowest BCUT2D eigenvalue weighted by Crippen LogP contribution is -2.41. The predicted molar refractivity (Wildman–Crippen MR) is 117 cm³/mol. The van der Waals surface area contributed by atoms with Crippen molar-refractivity contribution < 1.29 is 4.74 Å². The van der Waals surface area contributed by atoms with Gasteiger partial charge in [-0.2, -0.15) is 0 Å². The van der Waals surface area contributed by atoms with E-state index in [1.165, 1.54) is 5.56 Å². The van der Waals surface area contributed by atoms with Crippen LogP contribution < -0.4 is 15.4 Å². The molecule has 1 heterocycles. The summed E-state index contributed by atoms with van der Waals surface area (Å²) in [6.45, 7) is 1.43. The molecule has 26 heavy (non-hydrogen) atoms. The van der Waals surface area contributed by atoms with Gasteiger partial charge in [-0.3, -0.25) is 4.99 Å². The Morgan fingerprint density at radius 2 is 2.08 bits per heavy atom. The molecule has 2 N–H and O–H groups in total. The highest BCUT2D eigenvalue weighted by Crippen LogP contribution is 2.48. The number of nitrogens with zero attached hydrogens (tertiary/aromatic N) is 2. The number of nitrogens with one attached hydrogen (secondary N) is 2. The molecular formula is C19H24ClIN4O. The molecule has 1 aromatic carbocycles. The van der Waals surface area contributed by atoms with Gasteiger partial charge in [0.25, 0.3) is 0 Å². The highest BCUT2D eigenvalue weighted by Gasteiger charge is 2.44. The summed E-state index contributed by atoms with van der Waals surface area (Å²) >= 11 is 6.14. The van der Waals surface area contributed by atoms with Gasteiger partial charge in [-0.25, -0.2) is 4.98 Å². The van der Waals surface area contributed by atoms with Gasteiger partial charge < -0.3 is 15.4 Å². The van der Waals surface area contributed by atoms with E-state index in [1.54, 1.807) is 20.4 Å². The molecule has 0 bridgehead atoms. The van der Waals surface area contributed by atoms with E-state index in [1.807, 2.05) is 24.3 Å². The van der Waals surface area contributed by atoms with E-state index in [4.69, 9.17) is 16.3 Å². The van der Waals surface area contributed by atoms with Crippen LogP contribution in [0, 0.1) is 0 Å². The first-order valence-electron chi connectivity index (χ1n) is 8.35. The molecule has 2 aromatic rings. The quantitative estimate of drug-likeness (QED) is 0.371. The molecule has 7 heteroatoms. The highest BCUT2D eigenvalue weighted by molar-refractivity contribution is 14.0. The van der Waals surface area contributed by atoms with Crippen LogP contribution in [-0.2, 0) is 12.0 Å². The van der Waals surface area contributed by atoms with Gasteiger partial charge >= 0.3 is 0 Å². The number of hydrogen-bond acceptors (Lipinski definition) is 3. The van der Waals surface area contributed by atoms with Crippen LogP contribution in [0.3, 0.4) is 0 Å². The maximum absolute atomic E-state index is 6.14. The van der Waals surface area contributed by atoms with Crippen molar-refractivity contribution in [1.82, 2.24) is 15.6 Å². The summed E-state index contributed by atoms with van der Waals surface area (Å²) in [5, 5.41) is 7.54. The molecule has 5 nitrogen and oxygen atoms in total. The summed E-state index contributed by atoms with van der Waals surface area (Å²) in [7, 11) is 3.40. The van der Waals surface area contributed by atoms with Gasteiger partial charge in [0.2, 0.25) is 5.88 Å². The Labute approximate surface area is 176 Å². The summed E-state index contributed by atoms with van der Waals surface area (Å²) in [6, 6.07) is 12.0. The number of benzene rings is 1. The Balaban J connectivity index is 0.00000243. The van der Waals surface area contributed by atoms with Crippen LogP contribution in [0.15, 0.2) is 47.6 Å². The van der Waals surface area contributed by atoms with Crippen molar-refractivity contribution in [2.45, 2.75) is 24.8 Å². The Bertz CT molecular complexity index is 765. The standard InChI is InChI=1S/C19H23ClN4O.HI/c1-21-18(23-12-14-5-4-10-22-17(14)25-2)24-13-19(8-9-19)15-6-3-7-16(20)11-15;/h3-7,10-11H,8-9,12-13H2,1-2H3,(H2,21,23,24);1H. The minimum Gasteiger partial charge on any atom is -0.481 e. The summed E-state index contributed by atoms with van der Waals surface area (Å²) < 4.78 is 5.28. The van der Waals surface area contributed by atoms with E-state index in [0.29, 0.717) is 12.4 Å². The zero-order valence-electron chi connectivity index (χ0n) is 15.0. The van der Waals surface area contributed by atoms with Crippen LogP contribution >= 0.6 is 35.6 Å². The lowest BCUT2D eigenvalue weighted by atomic mass is 9.96. The predicted octanol–water partition coefficient (Wildman–Crippen LogP) is 3.76. The summed E-state index contributed by atoms with van der Waals surface area (Å²) in [5.74, 6) is 1.39. The smallest absolute Gasteiger partial charge is 0.218 e. The maximum atomic E-state index is 6.14. The van der Waals surface area contributed by atoms with Crippen molar-refractivity contribution in [2.75, 3.05) is 20.7 Å². The number of aliphatic imine (C=N–C) groups is 1. The van der Waals surface area contributed by atoms with E-state index in [0.717, 1.165) is 35.9 Å². The molecule has 0 spiro atoms. The summed E-state index contributed by atoms with van der Waals surface area (Å²) in [6.07, 6.45) is 4.04. The molecule has 0 aliphatic heterocycles. The van der Waals surface area contributed by atoms with Crippen molar-refractivity contribution in [2.24, 2.45) is 4.99 Å². The molecular weight excluding hydrogens is 463 g/mol. The number of methoxy groups -OCH3 is 1. The topological polar surface area (TPSA) is 58.5 Å². The number of guanidine groups is 1. The van der Waals surface area contributed by atoms with Crippen LogP contribution in [0.5, 0.6) is 5.88 Å². The number of pyridine rings is 1. The number of ether oxygens (including phenoxy) is 1. The molecule has 0 atom stereocenters. The van der Waals surface area contributed by atoms with E-state index in [9.17, 15) is 0 Å².